The molecule has 48 heavy (non-hydrogen) atoms. The molecule has 2 unspecified atom stereocenters. The Labute approximate surface area is 295 Å². The molecule has 0 spiro atoms. The van der Waals surface area contributed by atoms with Crippen LogP contribution in [0, 0.1) is 0 Å². The molecule has 0 bridgehead atoms. The monoisotopic (exact) mass is 706 g/mol. The van der Waals surface area contributed by atoms with Crippen molar-refractivity contribution in [1.29, 1.82) is 0 Å². The third-order valence-electron chi connectivity index (χ3n) is 8.73. The minimum absolute atomic E-state index is 0.0120. The van der Waals surface area contributed by atoms with Gasteiger partial charge in [0, 0.05) is 19.4 Å². The van der Waals surface area contributed by atoms with Gasteiger partial charge in [-0.1, -0.05) is 168 Å². The second kappa shape index (κ2) is 35.8. The highest BCUT2D eigenvalue weighted by molar-refractivity contribution is 7.47. The van der Waals surface area contributed by atoms with Crippen molar-refractivity contribution in [3.8, 4) is 0 Å². The summed E-state index contributed by atoms with van der Waals surface area (Å²) in [5.41, 5.74) is 0. The first-order chi connectivity index (χ1) is 23.3. The molecule has 0 heterocycles. The Kier molecular flexibility index (Phi) is 35.1. The minimum Gasteiger partial charge on any atom is -0.462 e. The maximum atomic E-state index is 12.6. The van der Waals surface area contributed by atoms with Gasteiger partial charge in [-0.2, -0.15) is 0 Å². The van der Waals surface area contributed by atoms with E-state index < -0.39 is 26.5 Å². The number of phosphoric acid groups is 1. The van der Waals surface area contributed by atoms with Crippen LogP contribution >= 0.6 is 7.82 Å². The highest BCUT2D eigenvalue weighted by Gasteiger charge is 2.26. The summed E-state index contributed by atoms with van der Waals surface area (Å²) in [6, 6.07) is 0. The fourth-order valence-corrected chi connectivity index (χ4v) is 6.42. The van der Waals surface area contributed by atoms with Gasteiger partial charge < -0.3 is 19.7 Å². The summed E-state index contributed by atoms with van der Waals surface area (Å²) in [6.45, 7) is 4.24. The van der Waals surface area contributed by atoms with Gasteiger partial charge in [-0.3, -0.25) is 18.6 Å². The Morgan fingerprint density at radius 1 is 0.562 bits per heavy atom. The van der Waals surface area contributed by atoms with Crippen LogP contribution in [-0.4, -0.2) is 56.3 Å². The number of unbranched alkanes of at least 4 members (excludes halogenated alkanes) is 24. The van der Waals surface area contributed by atoms with Gasteiger partial charge in [0.15, 0.2) is 6.10 Å². The second-order valence-corrected chi connectivity index (χ2v) is 14.9. The highest BCUT2D eigenvalue weighted by atomic mass is 31.2. The molecule has 0 aromatic carbocycles. The molecule has 2 N–H and O–H groups in total. The number of phosphoric ester groups is 1. The maximum Gasteiger partial charge on any atom is 0.472 e. The summed E-state index contributed by atoms with van der Waals surface area (Å²) in [7, 11) is -2.63. The zero-order chi connectivity index (χ0) is 35.4. The number of carbonyl (C=O) groups excluding carboxylic acids is 2. The van der Waals surface area contributed by atoms with Crippen molar-refractivity contribution in [3.63, 3.8) is 0 Å². The maximum absolute atomic E-state index is 12.6. The van der Waals surface area contributed by atoms with Crippen molar-refractivity contribution < 1.29 is 37.6 Å². The van der Waals surface area contributed by atoms with Crippen LogP contribution in [0.2, 0.25) is 0 Å². The standard InChI is InChI=1S/C38H76NO8P/c1-4-6-8-10-12-14-16-17-18-19-21-23-25-27-29-31-38(41)47-36(35-46-48(42,43)45-33-32-39-3)34-44-37(40)30-28-26-24-22-20-15-13-11-9-7-5-2/h36,39H,4-35H2,1-3H3,(H,42,43). The van der Waals surface area contributed by atoms with Crippen molar-refractivity contribution >= 4 is 19.8 Å². The van der Waals surface area contributed by atoms with E-state index in [0.717, 1.165) is 32.1 Å². The van der Waals surface area contributed by atoms with Gasteiger partial charge in [-0.25, -0.2) is 4.57 Å². The average molecular weight is 706 g/mol. The van der Waals surface area contributed by atoms with Crippen molar-refractivity contribution in [2.75, 3.05) is 33.4 Å². The number of hydrogen-bond donors (Lipinski definition) is 2. The summed E-state index contributed by atoms with van der Waals surface area (Å²) < 4.78 is 33.1. The third kappa shape index (κ3) is 34.9. The fourth-order valence-electron chi connectivity index (χ4n) is 5.67. The van der Waals surface area contributed by atoms with Gasteiger partial charge in [-0.15, -0.1) is 0 Å². The van der Waals surface area contributed by atoms with Gasteiger partial charge >= 0.3 is 19.8 Å². The molecule has 0 amide bonds. The Morgan fingerprint density at radius 3 is 1.33 bits per heavy atom. The largest absolute Gasteiger partial charge is 0.472 e. The van der Waals surface area contributed by atoms with Gasteiger partial charge in [0.2, 0.25) is 0 Å². The number of ether oxygens (including phenoxy) is 2. The molecule has 0 aromatic rings. The van der Waals surface area contributed by atoms with Gasteiger partial charge in [0.25, 0.3) is 0 Å². The Morgan fingerprint density at radius 2 is 0.938 bits per heavy atom. The lowest BCUT2D eigenvalue weighted by atomic mass is 10.0. The van der Waals surface area contributed by atoms with Crippen LogP contribution in [-0.2, 0) is 32.7 Å². The summed E-state index contributed by atoms with van der Waals surface area (Å²) in [4.78, 5) is 34.9. The van der Waals surface area contributed by atoms with E-state index in [2.05, 4.69) is 19.2 Å². The summed E-state index contributed by atoms with van der Waals surface area (Å²) >= 11 is 0. The lowest BCUT2D eigenvalue weighted by molar-refractivity contribution is -0.161. The van der Waals surface area contributed by atoms with Crippen LogP contribution in [0.15, 0.2) is 0 Å². The lowest BCUT2D eigenvalue weighted by Gasteiger charge is -2.20. The molecule has 0 rings (SSSR count). The molecule has 286 valence electrons. The lowest BCUT2D eigenvalue weighted by Crippen LogP contribution is -2.29. The molecule has 0 saturated carbocycles. The van der Waals surface area contributed by atoms with E-state index in [1.165, 1.54) is 128 Å². The van der Waals surface area contributed by atoms with E-state index in [9.17, 15) is 19.0 Å². The number of hydrogen-bond acceptors (Lipinski definition) is 8. The van der Waals surface area contributed by atoms with E-state index in [1.54, 1.807) is 7.05 Å². The van der Waals surface area contributed by atoms with E-state index in [-0.39, 0.29) is 25.6 Å². The quantitative estimate of drug-likeness (QED) is 0.0367. The molecular weight excluding hydrogens is 629 g/mol. The number of rotatable bonds is 38. The zero-order valence-electron chi connectivity index (χ0n) is 31.5. The van der Waals surface area contributed by atoms with Gasteiger partial charge in [0.1, 0.15) is 6.61 Å². The van der Waals surface area contributed by atoms with E-state index in [4.69, 9.17) is 18.5 Å². The predicted octanol–water partition coefficient (Wildman–Crippen LogP) is 10.8. The molecule has 0 aromatic heterocycles. The molecule has 0 saturated heterocycles. The molecule has 0 aliphatic rings. The van der Waals surface area contributed by atoms with Crippen LogP contribution in [0.4, 0.5) is 0 Å². The molecule has 0 radical (unpaired) electrons. The first-order valence-electron chi connectivity index (χ1n) is 20.0. The van der Waals surface area contributed by atoms with E-state index in [0.29, 0.717) is 19.4 Å². The zero-order valence-corrected chi connectivity index (χ0v) is 32.4. The highest BCUT2D eigenvalue weighted by Crippen LogP contribution is 2.43. The van der Waals surface area contributed by atoms with Crippen LogP contribution in [0.5, 0.6) is 0 Å². The van der Waals surface area contributed by atoms with Gasteiger partial charge in [-0.05, 0) is 19.9 Å². The number of esters is 2. The SMILES string of the molecule is CCCCCCCCCCCCCCCCCC(=O)OC(COC(=O)CCCCCCCCCCCCC)COP(=O)(O)OCCNC. The predicted molar refractivity (Wildman–Crippen MR) is 197 cm³/mol. The molecule has 0 fully saturated rings. The first kappa shape index (κ1) is 47.0. The third-order valence-corrected chi connectivity index (χ3v) is 9.71. The average Bonchev–Trinajstić information content (AvgIpc) is 3.06. The smallest absolute Gasteiger partial charge is 0.462 e. The van der Waals surface area contributed by atoms with Crippen molar-refractivity contribution in [3.05, 3.63) is 0 Å². The topological polar surface area (TPSA) is 120 Å². The van der Waals surface area contributed by atoms with E-state index >= 15 is 0 Å². The number of likely N-dealkylation sites (N-methyl/N-ethyl adjacent to an activating group) is 1. The van der Waals surface area contributed by atoms with Crippen LogP contribution < -0.4 is 5.32 Å². The number of carbonyl (C=O) groups is 2. The molecular formula is C38H76NO8P. The second-order valence-electron chi connectivity index (χ2n) is 13.5. The Bertz CT molecular complexity index is 769. The van der Waals surface area contributed by atoms with Crippen LogP contribution in [0.25, 0.3) is 0 Å². The Balaban J connectivity index is 4.22. The van der Waals surface area contributed by atoms with Crippen LogP contribution in [0.1, 0.15) is 194 Å². The van der Waals surface area contributed by atoms with Crippen molar-refractivity contribution in [2.24, 2.45) is 0 Å². The van der Waals surface area contributed by atoms with E-state index in [1.807, 2.05) is 0 Å². The minimum atomic E-state index is -4.33. The van der Waals surface area contributed by atoms with Crippen molar-refractivity contribution in [1.82, 2.24) is 5.32 Å². The molecule has 0 aliphatic heterocycles. The number of nitrogens with one attached hydrogen (secondary N) is 1. The summed E-state index contributed by atoms with van der Waals surface area (Å²) in [5, 5.41) is 2.82. The van der Waals surface area contributed by atoms with Gasteiger partial charge in [0.05, 0.1) is 13.2 Å². The Hall–Kier alpha value is -0.990. The molecule has 9 nitrogen and oxygen atoms in total. The normalized spacial score (nSPS) is 13.3. The molecule has 2 atom stereocenters. The molecule has 0 aliphatic carbocycles. The first-order valence-corrected chi connectivity index (χ1v) is 21.5. The fraction of sp³-hybridized carbons (Fsp3) is 0.947. The van der Waals surface area contributed by atoms with Crippen molar-refractivity contribution in [2.45, 2.75) is 200 Å². The summed E-state index contributed by atoms with van der Waals surface area (Å²) in [5.74, 6) is -0.796. The summed E-state index contributed by atoms with van der Waals surface area (Å²) in [6.07, 6.45) is 31.4. The molecule has 10 heteroatoms. The van der Waals surface area contributed by atoms with Crippen LogP contribution in [0.3, 0.4) is 0 Å².